The number of aliphatic carboxylic acids is 2. The summed E-state index contributed by atoms with van der Waals surface area (Å²) in [6.45, 7) is 2.89. The quantitative estimate of drug-likeness (QED) is 0.265. The van der Waals surface area contributed by atoms with Crippen LogP contribution in [0.15, 0.2) is 24.5 Å². The van der Waals surface area contributed by atoms with Gasteiger partial charge in [0.15, 0.2) is 6.29 Å². The topological polar surface area (TPSA) is 183 Å². The summed E-state index contributed by atoms with van der Waals surface area (Å²) >= 11 is 0. The third kappa shape index (κ3) is 4.46. The van der Waals surface area contributed by atoms with Crippen molar-refractivity contribution in [2.45, 2.75) is 43.4 Å². The molecule has 1 saturated heterocycles. The molecule has 8 atom stereocenters. The van der Waals surface area contributed by atoms with Crippen LogP contribution in [-0.4, -0.2) is 86.2 Å². The minimum Gasteiger partial charge on any atom is -0.481 e. The zero-order chi connectivity index (χ0) is 20.3. The summed E-state index contributed by atoms with van der Waals surface area (Å²) < 4.78 is 15.9. The van der Waals surface area contributed by atoms with Crippen molar-refractivity contribution < 1.29 is 54.4 Å². The molecule has 0 radical (unpaired) electrons. The lowest BCUT2D eigenvalue weighted by molar-refractivity contribution is -0.339. The van der Waals surface area contributed by atoms with E-state index in [4.69, 9.17) is 19.3 Å². The molecule has 2 rings (SSSR count). The van der Waals surface area contributed by atoms with Crippen LogP contribution < -0.4 is 0 Å². The molecule has 11 heteroatoms. The van der Waals surface area contributed by atoms with E-state index in [1.54, 1.807) is 0 Å². The van der Waals surface area contributed by atoms with Gasteiger partial charge in [-0.15, -0.1) is 6.58 Å². The number of carbonyl (C=O) groups is 2. The summed E-state index contributed by atoms with van der Waals surface area (Å²) in [4.78, 5) is 22.5. The molecule has 0 aliphatic carbocycles. The molecule has 27 heavy (non-hydrogen) atoms. The molecule has 0 unspecified atom stereocenters. The Morgan fingerprint density at radius 1 is 1.15 bits per heavy atom. The Morgan fingerprint density at radius 2 is 1.81 bits per heavy atom. The van der Waals surface area contributed by atoms with Crippen molar-refractivity contribution in [2.75, 3.05) is 6.61 Å². The zero-order valence-electron chi connectivity index (χ0n) is 14.1. The van der Waals surface area contributed by atoms with E-state index in [0.29, 0.717) is 0 Å². The fraction of sp³-hybridized carbons (Fsp3) is 0.625. The normalized spacial score (nSPS) is 39.2. The molecule has 2 heterocycles. The summed E-state index contributed by atoms with van der Waals surface area (Å²) in [6, 6.07) is 0. The molecule has 2 aliphatic rings. The smallest absolute Gasteiger partial charge is 0.335 e. The Labute approximate surface area is 153 Å². The number of ether oxygens (including phenoxy) is 3. The Hall–Kier alpha value is -2.02. The van der Waals surface area contributed by atoms with Gasteiger partial charge in [0, 0.05) is 11.8 Å². The highest BCUT2D eigenvalue weighted by atomic mass is 16.8. The van der Waals surface area contributed by atoms with E-state index < -0.39 is 73.8 Å². The lowest BCUT2D eigenvalue weighted by Gasteiger charge is -2.42. The summed E-state index contributed by atoms with van der Waals surface area (Å²) in [5, 5.41) is 57.1. The van der Waals surface area contributed by atoms with E-state index in [9.17, 15) is 35.1 Å². The molecule has 6 N–H and O–H groups in total. The number of aliphatic hydroxyl groups is 4. The maximum absolute atomic E-state index is 11.3. The monoisotopic (exact) mass is 390 g/mol. The fourth-order valence-electron chi connectivity index (χ4n) is 3.07. The van der Waals surface area contributed by atoms with E-state index >= 15 is 0 Å². The van der Waals surface area contributed by atoms with E-state index in [1.165, 1.54) is 6.08 Å². The summed E-state index contributed by atoms with van der Waals surface area (Å²) in [6.07, 6.45) is -7.39. The van der Waals surface area contributed by atoms with E-state index in [0.717, 1.165) is 6.26 Å². The Kier molecular flexibility index (Phi) is 6.92. The number of aliphatic hydroxyl groups excluding tert-OH is 4. The third-order valence-electron chi connectivity index (χ3n) is 4.54. The van der Waals surface area contributed by atoms with Crippen LogP contribution >= 0.6 is 0 Å². The van der Waals surface area contributed by atoms with Crippen LogP contribution in [0.25, 0.3) is 0 Å². The van der Waals surface area contributed by atoms with Crippen molar-refractivity contribution >= 4 is 11.9 Å². The predicted molar refractivity (Wildman–Crippen MR) is 84.9 cm³/mol. The van der Waals surface area contributed by atoms with Gasteiger partial charge >= 0.3 is 11.9 Å². The van der Waals surface area contributed by atoms with Gasteiger partial charge in [-0.1, -0.05) is 6.08 Å². The highest BCUT2D eigenvalue weighted by Crippen LogP contribution is 2.36. The first-order valence-electron chi connectivity index (χ1n) is 8.10. The fourth-order valence-corrected chi connectivity index (χ4v) is 3.07. The SMILES string of the molecule is C=C[C@H]1[C@@H](O[C@H]2O[C@@H](CO)[C@H](O)[C@@H](O)[C@@H]2O)OC=C(C(=O)O)[C@@H]1CC(=O)O. The molecular formula is C16H22O11. The van der Waals surface area contributed by atoms with Gasteiger partial charge in [-0.3, -0.25) is 4.79 Å². The van der Waals surface area contributed by atoms with Crippen LogP contribution in [0, 0.1) is 11.8 Å². The van der Waals surface area contributed by atoms with E-state index in [1.807, 2.05) is 0 Å². The van der Waals surface area contributed by atoms with Gasteiger partial charge in [-0.2, -0.15) is 0 Å². The van der Waals surface area contributed by atoms with Crippen molar-refractivity contribution in [2.24, 2.45) is 11.8 Å². The molecule has 2 aliphatic heterocycles. The third-order valence-corrected chi connectivity index (χ3v) is 4.54. The van der Waals surface area contributed by atoms with Gasteiger partial charge in [-0.25, -0.2) is 4.79 Å². The van der Waals surface area contributed by atoms with Gasteiger partial charge in [0.05, 0.1) is 24.9 Å². The number of hydrogen-bond acceptors (Lipinski definition) is 9. The molecular weight excluding hydrogens is 368 g/mol. The zero-order valence-corrected chi connectivity index (χ0v) is 14.1. The van der Waals surface area contributed by atoms with Gasteiger partial charge in [0.2, 0.25) is 6.29 Å². The highest BCUT2D eigenvalue weighted by Gasteiger charge is 2.47. The molecule has 1 fully saturated rings. The van der Waals surface area contributed by atoms with Crippen molar-refractivity contribution in [3.05, 3.63) is 24.5 Å². The molecule has 152 valence electrons. The van der Waals surface area contributed by atoms with Crippen molar-refractivity contribution in [1.82, 2.24) is 0 Å². The standard InChI is InChI=1S/C16H22O11/c1-2-6-7(3-10(18)19)8(14(23)24)5-25-15(6)27-16-13(22)12(21)11(20)9(4-17)26-16/h2,5-7,9,11-13,15-17,20-22H,1,3-4H2,(H,18,19)(H,23,24)/t6-,7-,9+,11+,12-,13+,15-,16-/m1/s1. The first-order chi connectivity index (χ1) is 12.7. The first-order valence-corrected chi connectivity index (χ1v) is 8.10. The maximum atomic E-state index is 11.3. The van der Waals surface area contributed by atoms with Gasteiger partial charge in [-0.05, 0) is 0 Å². The average molecular weight is 390 g/mol. The lowest BCUT2D eigenvalue weighted by atomic mass is 9.81. The molecule has 0 saturated carbocycles. The van der Waals surface area contributed by atoms with Gasteiger partial charge < -0.3 is 44.8 Å². The number of carboxylic acids is 2. The van der Waals surface area contributed by atoms with E-state index in [2.05, 4.69) is 6.58 Å². The second kappa shape index (κ2) is 8.78. The minimum atomic E-state index is -1.69. The van der Waals surface area contributed by atoms with Crippen LogP contribution in [0.3, 0.4) is 0 Å². The van der Waals surface area contributed by atoms with Crippen LogP contribution in [0.5, 0.6) is 0 Å². The highest BCUT2D eigenvalue weighted by molar-refractivity contribution is 5.88. The summed E-state index contributed by atoms with van der Waals surface area (Å²) in [7, 11) is 0. The Balaban J connectivity index is 2.23. The number of carboxylic acid groups (broad SMARTS) is 2. The average Bonchev–Trinajstić information content (AvgIpc) is 2.61. The second-order valence-corrected chi connectivity index (χ2v) is 6.23. The number of hydrogen-bond donors (Lipinski definition) is 6. The molecule has 0 bridgehead atoms. The van der Waals surface area contributed by atoms with Crippen LogP contribution in [0.1, 0.15) is 6.42 Å². The molecule has 0 aromatic carbocycles. The Morgan fingerprint density at radius 3 is 2.33 bits per heavy atom. The minimum absolute atomic E-state index is 0.282. The molecule has 0 amide bonds. The van der Waals surface area contributed by atoms with Crippen molar-refractivity contribution in [3.8, 4) is 0 Å². The summed E-state index contributed by atoms with van der Waals surface area (Å²) in [5.41, 5.74) is -0.282. The molecule has 0 aromatic rings. The second-order valence-electron chi connectivity index (χ2n) is 6.23. The Bertz CT molecular complexity index is 601. The van der Waals surface area contributed by atoms with Crippen LogP contribution in [-0.2, 0) is 23.8 Å². The van der Waals surface area contributed by atoms with Crippen molar-refractivity contribution in [3.63, 3.8) is 0 Å². The summed E-state index contributed by atoms with van der Waals surface area (Å²) in [5.74, 6) is -4.56. The predicted octanol–water partition coefficient (Wildman–Crippen LogP) is -1.98. The van der Waals surface area contributed by atoms with Crippen molar-refractivity contribution in [1.29, 1.82) is 0 Å². The van der Waals surface area contributed by atoms with Gasteiger partial charge in [0.25, 0.3) is 0 Å². The van der Waals surface area contributed by atoms with Crippen LogP contribution in [0.2, 0.25) is 0 Å². The first kappa shape index (κ1) is 21.3. The maximum Gasteiger partial charge on any atom is 0.335 e. The molecule has 0 spiro atoms. The molecule has 11 nitrogen and oxygen atoms in total. The largest absolute Gasteiger partial charge is 0.481 e. The molecule has 0 aromatic heterocycles. The lowest BCUT2D eigenvalue weighted by Crippen LogP contribution is -2.60. The van der Waals surface area contributed by atoms with E-state index in [-0.39, 0.29) is 5.57 Å². The van der Waals surface area contributed by atoms with Gasteiger partial charge in [0.1, 0.15) is 24.4 Å². The number of rotatable bonds is 7. The van der Waals surface area contributed by atoms with Crippen LogP contribution in [0.4, 0.5) is 0 Å².